The van der Waals surface area contributed by atoms with Crippen molar-refractivity contribution >= 4 is 0 Å². The molecule has 1 atom stereocenters. The van der Waals surface area contributed by atoms with Gasteiger partial charge in [0, 0.05) is 12.2 Å². The van der Waals surface area contributed by atoms with Crippen molar-refractivity contribution in [1.82, 2.24) is 0 Å². The van der Waals surface area contributed by atoms with E-state index in [4.69, 9.17) is 15.2 Å². The maximum atomic E-state index is 6.35. The quantitative estimate of drug-likeness (QED) is 0.802. The average Bonchev–Trinajstić information content (AvgIpc) is 2.30. The lowest BCUT2D eigenvalue weighted by molar-refractivity contribution is 0.0357. The van der Waals surface area contributed by atoms with Crippen LogP contribution in [0.2, 0.25) is 0 Å². The van der Waals surface area contributed by atoms with E-state index in [1.165, 1.54) is 0 Å². The Labute approximate surface area is 90.2 Å². The van der Waals surface area contributed by atoms with Crippen LogP contribution in [-0.4, -0.2) is 20.3 Å². The first kappa shape index (κ1) is 10.5. The summed E-state index contributed by atoms with van der Waals surface area (Å²) in [4.78, 5) is 0. The minimum absolute atomic E-state index is 0.384. The molecule has 1 unspecified atom stereocenters. The predicted molar refractivity (Wildman–Crippen MR) is 58.9 cm³/mol. The van der Waals surface area contributed by atoms with Gasteiger partial charge >= 0.3 is 0 Å². The Kier molecular flexibility index (Phi) is 2.93. The highest BCUT2D eigenvalue weighted by Gasteiger charge is 2.32. The van der Waals surface area contributed by atoms with Gasteiger partial charge in [-0.05, 0) is 18.9 Å². The zero-order valence-electron chi connectivity index (χ0n) is 9.03. The molecule has 1 heterocycles. The second kappa shape index (κ2) is 4.21. The first-order chi connectivity index (χ1) is 7.26. The molecule has 1 aromatic rings. The van der Waals surface area contributed by atoms with Crippen LogP contribution in [0.25, 0.3) is 0 Å². The van der Waals surface area contributed by atoms with Crippen LogP contribution >= 0.6 is 0 Å². The normalized spacial score (nSPS) is 26.3. The third kappa shape index (κ3) is 1.98. The van der Waals surface area contributed by atoms with E-state index >= 15 is 0 Å². The van der Waals surface area contributed by atoms with Crippen molar-refractivity contribution in [3.8, 4) is 5.75 Å². The molecular weight excluding hydrogens is 190 g/mol. The topological polar surface area (TPSA) is 44.5 Å². The van der Waals surface area contributed by atoms with Crippen LogP contribution in [-0.2, 0) is 10.3 Å². The summed E-state index contributed by atoms with van der Waals surface area (Å²) < 4.78 is 10.8. The first-order valence-corrected chi connectivity index (χ1v) is 5.26. The average molecular weight is 207 g/mol. The fraction of sp³-hybridized carbons (Fsp3) is 0.500. The molecule has 0 saturated carbocycles. The maximum Gasteiger partial charge on any atom is 0.124 e. The zero-order chi connectivity index (χ0) is 10.7. The molecule has 2 N–H and O–H groups in total. The number of hydrogen-bond donors (Lipinski definition) is 1. The van der Waals surface area contributed by atoms with Crippen LogP contribution in [0.4, 0.5) is 0 Å². The number of hydrogen-bond acceptors (Lipinski definition) is 3. The van der Waals surface area contributed by atoms with Crippen LogP contribution < -0.4 is 10.5 Å². The van der Waals surface area contributed by atoms with E-state index in [2.05, 4.69) is 0 Å². The standard InChI is InChI=1S/C12H17NO2/c1-14-11-6-3-2-5-10(11)12(13)7-4-8-15-9-12/h2-3,5-6H,4,7-9,13H2,1H3. The number of benzene rings is 1. The molecule has 1 aromatic carbocycles. The van der Waals surface area contributed by atoms with Crippen molar-refractivity contribution in [2.45, 2.75) is 18.4 Å². The highest BCUT2D eigenvalue weighted by molar-refractivity contribution is 5.39. The lowest BCUT2D eigenvalue weighted by Gasteiger charge is -2.34. The lowest BCUT2D eigenvalue weighted by atomic mass is 9.85. The SMILES string of the molecule is COc1ccccc1C1(N)CCCOC1. The third-order valence-corrected chi connectivity index (χ3v) is 2.91. The number of nitrogens with two attached hydrogens (primary N) is 1. The van der Waals surface area contributed by atoms with Gasteiger partial charge in [0.15, 0.2) is 0 Å². The Morgan fingerprint density at radius 3 is 2.87 bits per heavy atom. The summed E-state index contributed by atoms with van der Waals surface area (Å²) in [6.45, 7) is 1.39. The fourth-order valence-corrected chi connectivity index (χ4v) is 2.08. The molecule has 0 radical (unpaired) electrons. The molecule has 0 bridgehead atoms. The molecule has 1 aliphatic heterocycles. The van der Waals surface area contributed by atoms with Crippen LogP contribution in [0, 0.1) is 0 Å². The Bertz CT molecular complexity index is 332. The molecule has 82 valence electrons. The number of para-hydroxylation sites is 1. The molecule has 3 nitrogen and oxygen atoms in total. The number of rotatable bonds is 2. The van der Waals surface area contributed by atoms with Crippen LogP contribution in [0.3, 0.4) is 0 Å². The van der Waals surface area contributed by atoms with E-state index in [-0.39, 0.29) is 5.54 Å². The van der Waals surface area contributed by atoms with Gasteiger partial charge in [0.1, 0.15) is 5.75 Å². The minimum Gasteiger partial charge on any atom is -0.496 e. The molecular formula is C12H17NO2. The van der Waals surface area contributed by atoms with E-state index in [1.807, 2.05) is 24.3 Å². The van der Waals surface area contributed by atoms with E-state index < -0.39 is 0 Å². The Morgan fingerprint density at radius 2 is 2.20 bits per heavy atom. The summed E-state index contributed by atoms with van der Waals surface area (Å²) in [7, 11) is 1.67. The van der Waals surface area contributed by atoms with Crippen LogP contribution in [0.5, 0.6) is 5.75 Å². The second-order valence-corrected chi connectivity index (χ2v) is 4.01. The lowest BCUT2D eigenvalue weighted by Crippen LogP contribution is -2.44. The van der Waals surface area contributed by atoms with E-state index in [0.717, 1.165) is 30.8 Å². The van der Waals surface area contributed by atoms with Crippen molar-refractivity contribution < 1.29 is 9.47 Å². The summed E-state index contributed by atoms with van der Waals surface area (Å²) in [6, 6.07) is 7.91. The van der Waals surface area contributed by atoms with Gasteiger partial charge in [-0.15, -0.1) is 0 Å². The van der Waals surface area contributed by atoms with Gasteiger partial charge in [0.05, 0.1) is 19.3 Å². The summed E-state index contributed by atoms with van der Waals surface area (Å²) in [5.41, 5.74) is 7.02. The highest BCUT2D eigenvalue weighted by Crippen LogP contribution is 2.33. The Balaban J connectivity index is 2.34. The largest absolute Gasteiger partial charge is 0.496 e. The molecule has 15 heavy (non-hydrogen) atoms. The highest BCUT2D eigenvalue weighted by atomic mass is 16.5. The van der Waals surface area contributed by atoms with Crippen molar-refractivity contribution in [3.63, 3.8) is 0 Å². The third-order valence-electron chi connectivity index (χ3n) is 2.91. The van der Waals surface area contributed by atoms with Gasteiger partial charge in [-0.1, -0.05) is 18.2 Å². The molecule has 0 aliphatic carbocycles. The molecule has 2 rings (SSSR count). The van der Waals surface area contributed by atoms with E-state index in [9.17, 15) is 0 Å². The van der Waals surface area contributed by atoms with E-state index in [1.54, 1.807) is 7.11 Å². The number of ether oxygens (including phenoxy) is 2. The van der Waals surface area contributed by atoms with Crippen molar-refractivity contribution in [1.29, 1.82) is 0 Å². The predicted octanol–water partition coefficient (Wildman–Crippen LogP) is 1.66. The maximum absolute atomic E-state index is 6.35. The Hall–Kier alpha value is -1.06. The Morgan fingerprint density at radius 1 is 1.40 bits per heavy atom. The van der Waals surface area contributed by atoms with Crippen molar-refractivity contribution in [2.24, 2.45) is 5.73 Å². The van der Waals surface area contributed by atoms with Crippen LogP contribution in [0.15, 0.2) is 24.3 Å². The molecule has 0 aromatic heterocycles. The number of methoxy groups -OCH3 is 1. The molecule has 0 spiro atoms. The summed E-state index contributed by atoms with van der Waals surface area (Å²) in [6.07, 6.45) is 1.96. The van der Waals surface area contributed by atoms with E-state index in [0.29, 0.717) is 6.61 Å². The smallest absolute Gasteiger partial charge is 0.124 e. The molecule has 1 fully saturated rings. The van der Waals surface area contributed by atoms with Crippen molar-refractivity contribution in [3.05, 3.63) is 29.8 Å². The monoisotopic (exact) mass is 207 g/mol. The van der Waals surface area contributed by atoms with Gasteiger partial charge in [0.2, 0.25) is 0 Å². The zero-order valence-corrected chi connectivity index (χ0v) is 9.03. The van der Waals surface area contributed by atoms with Gasteiger partial charge in [-0.3, -0.25) is 0 Å². The van der Waals surface area contributed by atoms with Gasteiger partial charge in [-0.25, -0.2) is 0 Å². The van der Waals surface area contributed by atoms with Gasteiger partial charge < -0.3 is 15.2 Å². The fourth-order valence-electron chi connectivity index (χ4n) is 2.08. The molecule has 3 heteroatoms. The van der Waals surface area contributed by atoms with Crippen molar-refractivity contribution in [2.75, 3.05) is 20.3 Å². The minimum atomic E-state index is -0.384. The first-order valence-electron chi connectivity index (χ1n) is 5.26. The molecule has 1 saturated heterocycles. The second-order valence-electron chi connectivity index (χ2n) is 4.01. The van der Waals surface area contributed by atoms with Crippen LogP contribution in [0.1, 0.15) is 18.4 Å². The summed E-state index contributed by atoms with van der Waals surface area (Å²) in [5.74, 6) is 0.852. The molecule has 0 amide bonds. The molecule has 1 aliphatic rings. The summed E-state index contributed by atoms with van der Waals surface area (Å²) >= 11 is 0. The van der Waals surface area contributed by atoms with Gasteiger partial charge in [-0.2, -0.15) is 0 Å². The summed E-state index contributed by atoms with van der Waals surface area (Å²) in [5, 5.41) is 0. The van der Waals surface area contributed by atoms with Gasteiger partial charge in [0.25, 0.3) is 0 Å².